The van der Waals surface area contributed by atoms with E-state index in [-0.39, 0.29) is 11.8 Å². The average molecular weight is 365 g/mol. The molecule has 1 atom stereocenters. The summed E-state index contributed by atoms with van der Waals surface area (Å²) in [7, 11) is 3.39. The van der Waals surface area contributed by atoms with Crippen molar-refractivity contribution >= 4 is 5.91 Å². The Morgan fingerprint density at radius 3 is 2.33 bits per heavy atom. The fraction of sp³-hybridized carbons (Fsp3) is 0.286. The molecule has 0 bridgehead atoms. The molecule has 0 saturated heterocycles. The molecule has 140 valence electrons. The van der Waals surface area contributed by atoms with Crippen molar-refractivity contribution < 1.29 is 13.9 Å². The molecule has 2 aromatic carbocycles. The molecule has 6 nitrogen and oxygen atoms in total. The Morgan fingerprint density at radius 1 is 1.07 bits per heavy atom. The normalized spacial score (nSPS) is 11.8. The third kappa shape index (κ3) is 4.73. The molecule has 0 radical (unpaired) electrons. The molecule has 6 heteroatoms. The second-order valence-corrected chi connectivity index (χ2v) is 6.41. The van der Waals surface area contributed by atoms with Crippen LogP contribution in [0.15, 0.2) is 59.0 Å². The molecule has 1 aromatic heterocycles. The third-order valence-electron chi connectivity index (χ3n) is 4.46. The van der Waals surface area contributed by atoms with Crippen molar-refractivity contribution in [3.63, 3.8) is 0 Å². The first-order valence-electron chi connectivity index (χ1n) is 8.78. The molecule has 1 unspecified atom stereocenters. The standard InChI is InChI=1S/C21H23N3O3/c1-15-22-23-20(27-15)14-24(2)21(25)13-19(16-7-5-4-6-8-16)17-9-11-18(26-3)12-10-17/h4-12,19H,13-14H2,1-3H3. The zero-order valence-electron chi connectivity index (χ0n) is 15.8. The summed E-state index contributed by atoms with van der Waals surface area (Å²) in [5.41, 5.74) is 2.16. The SMILES string of the molecule is COc1ccc(C(CC(=O)N(C)Cc2nnc(C)o2)c2ccccc2)cc1. The van der Waals surface area contributed by atoms with Gasteiger partial charge in [0.05, 0.1) is 13.7 Å². The molecule has 0 aliphatic rings. The van der Waals surface area contributed by atoms with Gasteiger partial charge in [0.2, 0.25) is 17.7 Å². The summed E-state index contributed by atoms with van der Waals surface area (Å²) in [6.07, 6.45) is 0.347. The maximum absolute atomic E-state index is 12.8. The van der Waals surface area contributed by atoms with E-state index in [1.165, 1.54) is 0 Å². The van der Waals surface area contributed by atoms with Gasteiger partial charge in [-0.25, -0.2) is 0 Å². The Bertz CT molecular complexity index is 875. The Morgan fingerprint density at radius 2 is 1.74 bits per heavy atom. The number of carbonyl (C=O) groups is 1. The summed E-state index contributed by atoms with van der Waals surface area (Å²) in [4.78, 5) is 14.5. The number of aryl methyl sites for hydroxylation is 1. The fourth-order valence-corrected chi connectivity index (χ4v) is 2.97. The third-order valence-corrected chi connectivity index (χ3v) is 4.46. The number of carbonyl (C=O) groups excluding carboxylic acids is 1. The van der Waals surface area contributed by atoms with Crippen molar-refractivity contribution in [2.75, 3.05) is 14.2 Å². The van der Waals surface area contributed by atoms with E-state index >= 15 is 0 Å². The van der Waals surface area contributed by atoms with Crippen molar-refractivity contribution in [2.24, 2.45) is 0 Å². The van der Waals surface area contributed by atoms with Crippen molar-refractivity contribution in [1.29, 1.82) is 0 Å². The minimum Gasteiger partial charge on any atom is -0.497 e. The highest BCUT2D eigenvalue weighted by Crippen LogP contribution is 2.30. The first-order chi connectivity index (χ1) is 13.1. The number of aromatic nitrogens is 2. The average Bonchev–Trinajstić information content (AvgIpc) is 3.11. The van der Waals surface area contributed by atoms with Gasteiger partial charge in [-0.15, -0.1) is 10.2 Å². The molecule has 0 saturated carbocycles. The van der Waals surface area contributed by atoms with E-state index in [9.17, 15) is 4.79 Å². The van der Waals surface area contributed by atoms with Crippen molar-refractivity contribution in [2.45, 2.75) is 25.8 Å². The van der Waals surface area contributed by atoms with Gasteiger partial charge < -0.3 is 14.1 Å². The van der Waals surface area contributed by atoms with Crippen LogP contribution in [0.3, 0.4) is 0 Å². The lowest BCUT2D eigenvalue weighted by molar-refractivity contribution is -0.130. The van der Waals surface area contributed by atoms with Crippen LogP contribution in [0, 0.1) is 6.92 Å². The van der Waals surface area contributed by atoms with Gasteiger partial charge >= 0.3 is 0 Å². The Hall–Kier alpha value is -3.15. The van der Waals surface area contributed by atoms with E-state index < -0.39 is 0 Å². The first kappa shape index (κ1) is 18.6. The maximum atomic E-state index is 12.8. The quantitative estimate of drug-likeness (QED) is 0.640. The van der Waals surface area contributed by atoms with E-state index in [2.05, 4.69) is 10.2 Å². The molecule has 3 aromatic rings. The van der Waals surface area contributed by atoms with Gasteiger partial charge in [0.1, 0.15) is 5.75 Å². The topological polar surface area (TPSA) is 68.5 Å². The van der Waals surface area contributed by atoms with Crippen molar-refractivity contribution in [3.8, 4) is 5.75 Å². The molecule has 0 aliphatic heterocycles. The second kappa shape index (κ2) is 8.49. The van der Waals surface area contributed by atoms with Crippen molar-refractivity contribution in [3.05, 3.63) is 77.5 Å². The Balaban J connectivity index is 1.79. The number of ether oxygens (including phenoxy) is 1. The predicted molar refractivity (Wildman–Crippen MR) is 101 cm³/mol. The van der Waals surface area contributed by atoms with E-state index in [0.29, 0.717) is 24.7 Å². The predicted octanol–water partition coefficient (Wildman–Crippen LogP) is 3.57. The van der Waals surface area contributed by atoms with Crippen LogP contribution in [0.4, 0.5) is 0 Å². The molecule has 0 fully saturated rings. The molecule has 27 heavy (non-hydrogen) atoms. The van der Waals surface area contributed by atoms with Crippen LogP contribution in [0.1, 0.15) is 35.2 Å². The summed E-state index contributed by atoms with van der Waals surface area (Å²) in [6.45, 7) is 2.03. The largest absolute Gasteiger partial charge is 0.497 e. The zero-order valence-corrected chi connectivity index (χ0v) is 15.8. The van der Waals surface area contributed by atoms with Gasteiger partial charge in [-0.05, 0) is 23.3 Å². The van der Waals surface area contributed by atoms with E-state index in [1.54, 1.807) is 26.0 Å². The minimum absolute atomic E-state index is 0.00974. The van der Waals surface area contributed by atoms with Gasteiger partial charge in [-0.2, -0.15) is 0 Å². The van der Waals surface area contributed by atoms with E-state index in [0.717, 1.165) is 16.9 Å². The molecule has 1 amide bonds. The van der Waals surface area contributed by atoms with Gasteiger partial charge in [0.15, 0.2) is 0 Å². The summed E-state index contributed by atoms with van der Waals surface area (Å²) in [5, 5.41) is 7.76. The first-order valence-corrected chi connectivity index (χ1v) is 8.78. The lowest BCUT2D eigenvalue weighted by Crippen LogP contribution is -2.28. The van der Waals surface area contributed by atoms with Gasteiger partial charge in [0, 0.05) is 26.3 Å². The number of rotatable bonds is 7. The number of hydrogen-bond acceptors (Lipinski definition) is 5. The summed E-state index contributed by atoms with van der Waals surface area (Å²) in [5.74, 6) is 1.68. The number of nitrogens with zero attached hydrogens (tertiary/aromatic N) is 3. The highest BCUT2D eigenvalue weighted by atomic mass is 16.5. The van der Waals surface area contributed by atoms with Crippen LogP contribution >= 0.6 is 0 Å². The number of hydrogen-bond donors (Lipinski definition) is 0. The molecule has 0 N–H and O–H groups in total. The molecule has 0 spiro atoms. The number of benzene rings is 2. The lowest BCUT2D eigenvalue weighted by Gasteiger charge is -2.22. The lowest BCUT2D eigenvalue weighted by atomic mass is 9.88. The maximum Gasteiger partial charge on any atom is 0.235 e. The number of methoxy groups -OCH3 is 1. The van der Waals surface area contributed by atoms with E-state index in [1.807, 2.05) is 54.6 Å². The number of amides is 1. The van der Waals surface area contributed by atoms with Crippen LogP contribution in [-0.4, -0.2) is 35.2 Å². The van der Waals surface area contributed by atoms with Crippen LogP contribution < -0.4 is 4.74 Å². The van der Waals surface area contributed by atoms with Crippen LogP contribution in [0.5, 0.6) is 5.75 Å². The zero-order chi connectivity index (χ0) is 19.2. The van der Waals surface area contributed by atoms with E-state index in [4.69, 9.17) is 9.15 Å². The van der Waals surface area contributed by atoms with Crippen LogP contribution in [0.25, 0.3) is 0 Å². The van der Waals surface area contributed by atoms with Crippen LogP contribution in [0.2, 0.25) is 0 Å². The van der Waals surface area contributed by atoms with Gasteiger partial charge in [-0.1, -0.05) is 42.5 Å². The molecule has 1 heterocycles. The minimum atomic E-state index is -0.0449. The highest BCUT2D eigenvalue weighted by molar-refractivity contribution is 5.77. The summed E-state index contributed by atoms with van der Waals surface area (Å²) >= 11 is 0. The second-order valence-electron chi connectivity index (χ2n) is 6.41. The van der Waals surface area contributed by atoms with Gasteiger partial charge in [-0.3, -0.25) is 4.79 Å². The van der Waals surface area contributed by atoms with Gasteiger partial charge in [0.25, 0.3) is 0 Å². The molecule has 3 rings (SSSR count). The summed E-state index contributed by atoms with van der Waals surface area (Å²) < 4.78 is 10.6. The fourth-order valence-electron chi connectivity index (χ4n) is 2.97. The monoisotopic (exact) mass is 365 g/mol. The molecule has 0 aliphatic carbocycles. The summed E-state index contributed by atoms with van der Waals surface area (Å²) in [6, 6.07) is 17.9. The Kier molecular flexibility index (Phi) is 5.86. The molecular formula is C21H23N3O3. The van der Waals surface area contributed by atoms with Crippen LogP contribution in [-0.2, 0) is 11.3 Å². The highest BCUT2D eigenvalue weighted by Gasteiger charge is 2.21. The Labute approximate surface area is 158 Å². The van der Waals surface area contributed by atoms with Crippen molar-refractivity contribution in [1.82, 2.24) is 15.1 Å². The molecular weight excluding hydrogens is 342 g/mol. The smallest absolute Gasteiger partial charge is 0.235 e.